The fourth-order valence-corrected chi connectivity index (χ4v) is 2.59. The lowest BCUT2D eigenvalue weighted by Crippen LogP contribution is -2.47. The number of aliphatic hydroxyl groups is 2. The highest BCUT2D eigenvalue weighted by Gasteiger charge is 2.31. The van der Waals surface area contributed by atoms with Crippen LogP contribution < -0.4 is 5.73 Å². The van der Waals surface area contributed by atoms with E-state index >= 15 is 0 Å². The number of hydrogen-bond acceptors (Lipinski definition) is 6. The number of anilines is 1. The van der Waals surface area contributed by atoms with Crippen molar-refractivity contribution in [1.82, 2.24) is 14.7 Å². The Balaban J connectivity index is 1.77. The van der Waals surface area contributed by atoms with Crippen LogP contribution in [-0.4, -0.2) is 69.9 Å². The van der Waals surface area contributed by atoms with E-state index in [4.69, 9.17) is 10.5 Å². The van der Waals surface area contributed by atoms with Crippen LogP contribution in [0.15, 0.2) is 12.4 Å². The molecule has 1 fully saturated rings. The molecule has 0 saturated carbocycles. The van der Waals surface area contributed by atoms with Crippen molar-refractivity contribution in [2.75, 3.05) is 39.1 Å². The summed E-state index contributed by atoms with van der Waals surface area (Å²) in [6.45, 7) is 2.60. The highest BCUT2D eigenvalue weighted by atomic mass is 16.5. The van der Waals surface area contributed by atoms with E-state index in [1.807, 2.05) is 11.9 Å². The van der Waals surface area contributed by atoms with Gasteiger partial charge in [0.25, 0.3) is 0 Å². The van der Waals surface area contributed by atoms with E-state index in [0.717, 1.165) is 0 Å². The van der Waals surface area contributed by atoms with Gasteiger partial charge in [0.05, 0.1) is 30.1 Å². The molecule has 2 rings (SSSR count). The molecule has 0 radical (unpaired) electrons. The third kappa shape index (κ3) is 4.45. The van der Waals surface area contributed by atoms with Crippen molar-refractivity contribution in [2.45, 2.75) is 31.1 Å². The molecule has 114 valence electrons. The van der Waals surface area contributed by atoms with Crippen molar-refractivity contribution in [2.24, 2.45) is 0 Å². The van der Waals surface area contributed by atoms with Crippen LogP contribution in [-0.2, 0) is 11.3 Å². The maximum Gasteiger partial charge on any atom is 0.0862 e. The first-order valence-electron chi connectivity index (χ1n) is 6.91. The number of nitrogen functional groups attached to an aromatic ring is 1. The molecule has 2 heterocycles. The van der Waals surface area contributed by atoms with Gasteiger partial charge in [-0.15, -0.1) is 0 Å². The molecule has 0 spiro atoms. The Morgan fingerprint density at radius 2 is 2.25 bits per heavy atom. The fraction of sp³-hybridized carbons (Fsp3) is 0.769. The molecule has 0 bridgehead atoms. The van der Waals surface area contributed by atoms with E-state index in [1.165, 1.54) is 0 Å². The van der Waals surface area contributed by atoms with Crippen molar-refractivity contribution >= 4 is 5.69 Å². The van der Waals surface area contributed by atoms with Crippen LogP contribution in [0.25, 0.3) is 0 Å². The van der Waals surface area contributed by atoms with Gasteiger partial charge in [-0.25, -0.2) is 0 Å². The van der Waals surface area contributed by atoms with Gasteiger partial charge < -0.3 is 25.6 Å². The lowest BCUT2D eigenvalue weighted by molar-refractivity contribution is -0.0801. The minimum absolute atomic E-state index is 0.392. The molecule has 0 aliphatic carbocycles. The number of aliphatic hydroxyl groups excluding tert-OH is 1. The highest BCUT2D eigenvalue weighted by Crippen LogP contribution is 2.21. The molecule has 1 aliphatic heterocycles. The Hall–Kier alpha value is -1.15. The van der Waals surface area contributed by atoms with Crippen molar-refractivity contribution < 1.29 is 14.9 Å². The summed E-state index contributed by atoms with van der Waals surface area (Å²) in [5.74, 6) is 0. The largest absolute Gasteiger partial charge is 0.396 e. The first-order valence-corrected chi connectivity index (χ1v) is 6.91. The molecule has 4 N–H and O–H groups in total. The van der Waals surface area contributed by atoms with Gasteiger partial charge in [0.15, 0.2) is 0 Å². The predicted octanol–water partition coefficient (Wildman–Crippen LogP) is -0.700. The number of hydrogen-bond donors (Lipinski definition) is 3. The molecule has 1 aliphatic rings. The minimum atomic E-state index is -0.706. The number of aromatic nitrogens is 2. The van der Waals surface area contributed by atoms with Crippen LogP contribution >= 0.6 is 0 Å². The molecule has 1 atom stereocenters. The minimum Gasteiger partial charge on any atom is -0.396 e. The smallest absolute Gasteiger partial charge is 0.0862 e. The Bertz CT molecular complexity index is 418. The van der Waals surface area contributed by atoms with Gasteiger partial charge in [0.2, 0.25) is 0 Å². The Morgan fingerprint density at radius 1 is 1.55 bits per heavy atom. The first kappa shape index (κ1) is 15.2. The summed E-state index contributed by atoms with van der Waals surface area (Å²) in [5.41, 5.74) is 5.46. The number of likely N-dealkylation sites (N-methyl/N-ethyl adjacent to an activating group) is 1. The standard InChI is InChI=1S/C13H24N4O3/c1-16(10-13(19)2-4-20-5-3-13)8-12(18)9-17-7-11(14)6-15-17/h6-7,12,18-19H,2-5,8-10,14H2,1H3. The summed E-state index contributed by atoms with van der Waals surface area (Å²) in [5, 5.41) is 24.5. The summed E-state index contributed by atoms with van der Waals surface area (Å²) in [6.07, 6.45) is 3.98. The molecule has 1 saturated heterocycles. The Labute approximate surface area is 118 Å². The number of nitrogens with zero attached hydrogens (tertiary/aromatic N) is 3. The first-order chi connectivity index (χ1) is 9.47. The average Bonchev–Trinajstić information content (AvgIpc) is 2.74. The van der Waals surface area contributed by atoms with Gasteiger partial charge in [0, 0.05) is 45.3 Å². The van der Waals surface area contributed by atoms with Gasteiger partial charge in [-0.05, 0) is 7.05 Å². The van der Waals surface area contributed by atoms with Crippen LogP contribution in [0.4, 0.5) is 5.69 Å². The molecule has 7 nitrogen and oxygen atoms in total. The number of nitrogens with two attached hydrogens (primary N) is 1. The second-order valence-electron chi connectivity index (χ2n) is 5.68. The van der Waals surface area contributed by atoms with Crippen LogP contribution in [0.3, 0.4) is 0 Å². The molecule has 7 heteroatoms. The highest BCUT2D eigenvalue weighted by molar-refractivity contribution is 5.30. The van der Waals surface area contributed by atoms with Crippen LogP contribution in [0.1, 0.15) is 12.8 Å². The molecule has 20 heavy (non-hydrogen) atoms. The zero-order valence-electron chi connectivity index (χ0n) is 11.9. The molecule has 1 aromatic heterocycles. The third-order valence-electron chi connectivity index (χ3n) is 3.56. The summed E-state index contributed by atoms with van der Waals surface area (Å²) < 4.78 is 6.88. The van der Waals surface area contributed by atoms with Gasteiger partial charge in [-0.2, -0.15) is 5.10 Å². The average molecular weight is 284 g/mol. The molecule has 1 unspecified atom stereocenters. The summed E-state index contributed by atoms with van der Waals surface area (Å²) in [6, 6.07) is 0. The molecule has 1 aromatic rings. The lowest BCUT2D eigenvalue weighted by Gasteiger charge is -2.36. The van der Waals surface area contributed by atoms with E-state index in [9.17, 15) is 10.2 Å². The normalized spacial score (nSPS) is 20.2. The van der Waals surface area contributed by atoms with Crippen LogP contribution in [0.2, 0.25) is 0 Å². The Kier molecular flexibility index (Phi) is 4.98. The van der Waals surface area contributed by atoms with Crippen molar-refractivity contribution in [1.29, 1.82) is 0 Å². The van der Waals surface area contributed by atoms with Crippen LogP contribution in [0.5, 0.6) is 0 Å². The summed E-state index contributed by atoms with van der Waals surface area (Å²) in [4.78, 5) is 1.95. The van der Waals surface area contributed by atoms with E-state index < -0.39 is 11.7 Å². The Morgan fingerprint density at radius 3 is 2.85 bits per heavy atom. The zero-order chi connectivity index (χ0) is 14.6. The fourth-order valence-electron chi connectivity index (χ4n) is 2.59. The molecular weight excluding hydrogens is 260 g/mol. The van der Waals surface area contributed by atoms with Crippen molar-refractivity contribution in [3.8, 4) is 0 Å². The van der Waals surface area contributed by atoms with Gasteiger partial charge >= 0.3 is 0 Å². The molecule has 0 aromatic carbocycles. The third-order valence-corrected chi connectivity index (χ3v) is 3.56. The summed E-state index contributed by atoms with van der Waals surface area (Å²) in [7, 11) is 1.90. The summed E-state index contributed by atoms with van der Waals surface area (Å²) >= 11 is 0. The predicted molar refractivity (Wildman–Crippen MR) is 75.1 cm³/mol. The lowest BCUT2D eigenvalue weighted by atomic mass is 9.94. The SMILES string of the molecule is CN(CC(O)Cn1cc(N)cn1)CC1(O)CCOCC1. The number of rotatable bonds is 6. The van der Waals surface area contributed by atoms with E-state index in [0.29, 0.717) is 51.4 Å². The topological polar surface area (TPSA) is 96.8 Å². The van der Waals surface area contributed by atoms with Gasteiger partial charge in [0.1, 0.15) is 0 Å². The molecular formula is C13H24N4O3. The number of ether oxygens (including phenoxy) is 1. The maximum absolute atomic E-state index is 10.4. The van der Waals surface area contributed by atoms with E-state index in [-0.39, 0.29) is 0 Å². The maximum atomic E-state index is 10.4. The van der Waals surface area contributed by atoms with Gasteiger partial charge in [-0.3, -0.25) is 4.68 Å². The second kappa shape index (κ2) is 6.53. The molecule has 0 amide bonds. The van der Waals surface area contributed by atoms with Crippen LogP contribution in [0, 0.1) is 0 Å². The quantitative estimate of drug-likeness (QED) is 0.639. The second-order valence-corrected chi connectivity index (χ2v) is 5.68. The zero-order valence-corrected chi connectivity index (χ0v) is 11.9. The van der Waals surface area contributed by atoms with Gasteiger partial charge in [-0.1, -0.05) is 0 Å². The van der Waals surface area contributed by atoms with E-state index in [1.54, 1.807) is 17.1 Å². The van der Waals surface area contributed by atoms with Crippen molar-refractivity contribution in [3.05, 3.63) is 12.4 Å². The van der Waals surface area contributed by atoms with E-state index in [2.05, 4.69) is 5.10 Å². The monoisotopic (exact) mass is 284 g/mol. The van der Waals surface area contributed by atoms with Crippen molar-refractivity contribution in [3.63, 3.8) is 0 Å².